The topological polar surface area (TPSA) is 264 Å². The standard InChI is InChI=1S/C108H96N16O10/c1-119-43-31-67(32-44-119)99-77-13-17-81(109-77)101(69-35-47-121(3)48-36-69)85-21-25-89(113-85)105(90-26-22-86(114-90)102(82-18-14-78(99)110-82)70-37-49-122(4)50-38-70)73-11-29-95(133-61-59-131-57-55-127-7)75(63-73)107(125)117-93-65-94(98(130-10)66-97(93)129-9)118-108(126)76-64-74(12-30-96(76)134-62-60-132-58-56-128-8)106-91-27-23-87(115-91)103(71-39-51-123(5)52-40-71)83-19-15-79(111-83)100(68-33-45-120(2)46-34-68)80-16-20-84(112-80)104(88-24-28-92(106)116-88)72-41-53-124(6)54-42-72/h11-54,63-66H,55-62H2,1-10H3,(H2-2,109,110,113,114,117,118,125,126)/q+2/p+2. The van der Waals surface area contributed by atoms with Crippen molar-refractivity contribution in [2.24, 2.45) is 53.2 Å². The molecule has 4 N–H and O–H groups in total. The Labute approximate surface area is 774 Å². The van der Waals surface area contributed by atoms with E-state index in [1.165, 1.54) is 14.2 Å². The Morgan fingerprint density at radius 2 is 0.761 bits per heavy atom. The number of nitrogens with zero attached hydrogens (tertiary/aromatic N) is 13. The number of carbonyl (C=O) groups excluding carboxylic acids is 1. The van der Waals surface area contributed by atoms with Crippen molar-refractivity contribution >= 4 is 126 Å². The van der Waals surface area contributed by atoms with Crippen molar-refractivity contribution in [1.29, 1.82) is 0 Å². The van der Waals surface area contributed by atoms with Crippen LogP contribution in [0.4, 0.5) is 11.4 Å². The third-order valence-corrected chi connectivity index (χ3v) is 23.8. The van der Waals surface area contributed by atoms with Gasteiger partial charge in [-0.2, -0.15) is 0 Å². The molecule has 134 heavy (non-hydrogen) atoms. The number of nitrogens with one attached hydrogen (secondary N) is 3. The van der Waals surface area contributed by atoms with Crippen LogP contribution in [0.25, 0.3) is 102 Å². The first-order valence-corrected chi connectivity index (χ1v) is 44.0. The lowest BCUT2D eigenvalue weighted by Gasteiger charge is -2.17. The van der Waals surface area contributed by atoms with Crippen LogP contribution in [0.3, 0.4) is 0 Å². The molecule has 0 aliphatic carbocycles. The minimum Gasteiger partial charge on any atom is -0.494 e. The van der Waals surface area contributed by atoms with Crippen LogP contribution < -0.4 is 53.0 Å². The van der Waals surface area contributed by atoms with Gasteiger partial charge in [0.25, 0.3) is 5.91 Å². The van der Waals surface area contributed by atoms with Crippen molar-refractivity contribution in [3.63, 3.8) is 0 Å². The zero-order valence-electron chi connectivity index (χ0n) is 75.8. The van der Waals surface area contributed by atoms with Crippen molar-refractivity contribution < 1.29 is 66.1 Å². The molecule has 9 aliphatic rings. The second-order valence-electron chi connectivity index (χ2n) is 32.8. The summed E-state index contributed by atoms with van der Waals surface area (Å²) in [5.74, 6) is -0.181. The Balaban J connectivity index is 0.758. The number of aliphatic imine (C=N–C) groups is 5. The predicted octanol–water partition coefficient (Wildman–Crippen LogP) is 14.5. The molecule has 0 spiro atoms. The normalized spacial score (nSPS) is 15.3. The predicted molar refractivity (Wildman–Crippen MR) is 525 cm³/mol. The molecule has 10 aromatic rings. The first-order valence-electron chi connectivity index (χ1n) is 44.0. The highest BCUT2D eigenvalue weighted by molar-refractivity contribution is 6.40. The number of aryl methyl sites for hydroxylation is 4. The van der Waals surface area contributed by atoms with Gasteiger partial charge in [-0.3, -0.25) is 4.79 Å². The number of aromatic nitrogens is 8. The molecular weight excluding hydrogens is 1680 g/mol. The highest BCUT2D eigenvalue weighted by Crippen LogP contribution is 2.44. The van der Waals surface area contributed by atoms with Gasteiger partial charge in [-0.1, -0.05) is 12.1 Å². The van der Waals surface area contributed by atoms with E-state index in [1.807, 2.05) is 218 Å². The summed E-state index contributed by atoms with van der Waals surface area (Å²) in [6, 6.07) is 39.2. The summed E-state index contributed by atoms with van der Waals surface area (Å²) >= 11 is 0. The third kappa shape index (κ3) is 18.2. The number of rotatable bonds is 26. The number of aliphatic hydroxyl groups is 1. The molecule has 0 saturated carbocycles. The maximum Gasteiger partial charge on any atom is 0.259 e. The Hall–Kier alpha value is -16.3. The summed E-state index contributed by atoms with van der Waals surface area (Å²) in [6.45, 7) is 1.92. The van der Waals surface area contributed by atoms with Crippen LogP contribution >= 0.6 is 0 Å². The highest BCUT2D eigenvalue weighted by atomic mass is 16.5. The SMILES string of the molecule is COCCOCCOc1ccc(-c2c3nc(c(=C4C=CN(C)C=C4)c4nc(c(-c5cc[n+](C)cc5)c5ccc([nH]5)c(=C5C=CN(C)C=C5)c5ccc2[nH]5)C=C4)C=C3)cc1C(=O)Nc1cc(N=C(O)c2cc(C3=C4C=CC(=N4)C(c4cc[n+](C)cc4)=C4C=CC(=N4)C(c4cc[n+](C)cc4)=C4C=CC(=N4)C(c4cc[n+](C)cc4)=C4C=CC3=N4)ccc2OCCOCCOC)c(OC)cc1OC. The first kappa shape index (κ1) is 87.1. The summed E-state index contributed by atoms with van der Waals surface area (Å²) in [7, 11) is 18.2. The Morgan fingerprint density at radius 1 is 0.381 bits per heavy atom. The molecule has 0 atom stereocenters. The number of pyridine rings is 4. The van der Waals surface area contributed by atoms with Gasteiger partial charge in [0.05, 0.1) is 139 Å². The second kappa shape index (κ2) is 38.4. The van der Waals surface area contributed by atoms with Gasteiger partial charge in [0.15, 0.2) is 49.6 Å². The Bertz CT molecular complexity index is 7390. The van der Waals surface area contributed by atoms with Gasteiger partial charge in [0.1, 0.15) is 70.1 Å². The maximum absolute atomic E-state index is 16.1. The van der Waals surface area contributed by atoms with Gasteiger partial charge < -0.3 is 68.1 Å². The van der Waals surface area contributed by atoms with Gasteiger partial charge >= 0.3 is 0 Å². The van der Waals surface area contributed by atoms with E-state index in [4.69, 9.17) is 72.8 Å². The lowest BCUT2D eigenvalue weighted by Crippen LogP contribution is -2.26. The van der Waals surface area contributed by atoms with Crippen molar-refractivity contribution in [2.45, 2.75) is 0 Å². The maximum atomic E-state index is 16.1. The largest absolute Gasteiger partial charge is 0.494 e. The minimum atomic E-state index is -0.596. The molecule has 19 rings (SSSR count). The van der Waals surface area contributed by atoms with Crippen LogP contribution in [0, 0.1) is 0 Å². The molecular formula is C108H98N16O10+4. The third-order valence-electron chi connectivity index (χ3n) is 23.8. The number of ether oxygens (including phenoxy) is 8. The van der Waals surface area contributed by atoms with Gasteiger partial charge in [0, 0.05) is 174 Å². The summed E-state index contributed by atoms with van der Waals surface area (Å²) in [4.78, 5) is 66.1. The Morgan fingerprint density at radius 3 is 1.20 bits per heavy atom. The number of allylic oxidation sites excluding steroid dienone is 16. The fourth-order valence-corrected chi connectivity index (χ4v) is 17.0. The number of amides is 1. The quantitative estimate of drug-likeness (QED) is 0.0170. The smallest absolute Gasteiger partial charge is 0.259 e. The van der Waals surface area contributed by atoms with Crippen LogP contribution in [0.1, 0.15) is 61.0 Å². The molecule has 1 amide bonds. The average molecular weight is 1780 g/mol. The molecule has 666 valence electrons. The van der Waals surface area contributed by atoms with Gasteiger partial charge in [-0.15, -0.1) is 0 Å². The average Bonchev–Trinajstić information content (AvgIpc) is 1.62. The molecule has 26 nitrogen and oxygen atoms in total. The lowest BCUT2D eigenvalue weighted by atomic mass is 9.96. The number of hydrogen-bond donors (Lipinski definition) is 4. The van der Waals surface area contributed by atoms with E-state index in [-0.39, 0.29) is 71.9 Å². The number of H-pyrrole nitrogens is 2. The van der Waals surface area contributed by atoms with E-state index < -0.39 is 11.8 Å². The van der Waals surface area contributed by atoms with Crippen molar-refractivity contribution in [3.05, 3.63) is 358 Å². The number of aromatic amines is 2. The van der Waals surface area contributed by atoms with E-state index in [1.54, 1.807) is 44.6 Å². The highest BCUT2D eigenvalue weighted by Gasteiger charge is 2.32. The van der Waals surface area contributed by atoms with Crippen LogP contribution in [-0.2, 0) is 47.1 Å². The number of benzene rings is 3. The zero-order chi connectivity index (χ0) is 92.0. The van der Waals surface area contributed by atoms with E-state index in [2.05, 4.69) is 131 Å². The molecule has 16 heterocycles. The Kier molecular flexibility index (Phi) is 25.0. The first-order chi connectivity index (χ1) is 65.5. The van der Waals surface area contributed by atoms with Crippen LogP contribution in [0.5, 0.6) is 23.0 Å². The number of aliphatic hydroxyl groups excluding tert-OH is 1. The summed E-state index contributed by atoms with van der Waals surface area (Å²) < 4.78 is 55.9. The van der Waals surface area contributed by atoms with Crippen LogP contribution in [0.15, 0.2) is 316 Å². The molecule has 0 unspecified atom stereocenters. The van der Waals surface area contributed by atoms with E-state index in [0.29, 0.717) is 99.8 Å². The molecule has 0 saturated heterocycles. The molecule has 16 bridgehead atoms. The van der Waals surface area contributed by atoms with Gasteiger partial charge in [0.2, 0.25) is 5.90 Å². The van der Waals surface area contributed by atoms with E-state index in [9.17, 15) is 5.11 Å². The van der Waals surface area contributed by atoms with E-state index >= 15 is 4.79 Å². The molecule has 26 heteroatoms. The second-order valence-corrected chi connectivity index (χ2v) is 32.8. The number of hydrogen-bond acceptors (Lipinski definition) is 18. The summed E-state index contributed by atoms with van der Waals surface area (Å²) in [5.41, 5.74) is 23.3. The fraction of sp³-hybridized carbons (Fsp3) is 0.167. The summed E-state index contributed by atoms with van der Waals surface area (Å²) in [6.07, 6.45) is 56.9. The van der Waals surface area contributed by atoms with Crippen LogP contribution in [-0.4, -0.2) is 165 Å². The van der Waals surface area contributed by atoms with Crippen molar-refractivity contribution in [3.8, 4) is 45.3 Å². The molecule has 7 aromatic heterocycles. The molecule has 9 aliphatic heterocycles. The molecule has 0 fully saturated rings. The minimum absolute atomic E-state index is 0.0722. The number of anilines is 1. The number of fused-ring (bicyclic) bond motifs is 12. The molecule has 3 aromatic carbocycles. The van der Waals surface area contributed by atoms with E-state index in [0.717, 1.165) is 105 Å². The van der Waals surface area contributed by atoms with Gasteiger partial charge in [-0.25, -0.2) is 53.2 Å². The van der Waals surface area contributed by atoms with Crippen molar-refractivity contribution in [2.75, 3.05) is 101 Å². The monoisotopic (exact) mass is 1780 g/mol. The summed E-state index contributed by atoms with van der Waals surface area (Å²) in [5, 5.41) is 18.1. The molecule has 0 radical (unpaired) electrons. The zero-order valence-corrected chi connectivity index (χ0v) is 75.8. The van der Waals surface area contributed by atoms with Crippen LogP contribution in [0.2, 0.25) is 0 Å². The van der Waals surface area contributed by atoms with Gasteiger partial charge in [-0.05, 0) is 196 Å². The fourth-order valence-electron chi connectivity index (χ4n) is 17.0. The number of methoxy groups -OCH3 is 4. The lowest BCUT2D eigenvalue weighted by molar-refractivity contribution is -0.671. The number of carbonyl (C=O) groups is 1. The van der Waals surface area contributed by atoms with Crippen molar-refractivity contribution in [1.82, 2.24) is 29.7 Å².